The highest BCUT2D eigenvalue weighted by molar-refractivity contribution is 7.21. The highest BCUT2D eigenvalue weighted by atomic mass is 32.1. The highest BCUT2D eigenvalue weighted by Crippen LogP contribution is 2.34. The topological polar surface area (TPSA) is 70.6 Å². The summed E-state index contributed by atoms with van der Waals surface area (Å²) in [5.74, 6) is -0.500. The SMILES string of the molecule is Cc1ccc2nc(-c3ccc(N4C(=O)CC(N(CCC5=CCCCC5)C(=O)C5CCCCC5)C4=O)cc3)sc2c1. The molecule has 2 aliphatic carbocycles. The average molecular weight is 556 g/mol. The number of imide groups is 1. The molecular weight excluding hydrogens is 518 g/mol. The maximum Gasteiger partial charge on any atom is 0.257 e. The minimum Gasteiger partial charge on any atom is -0.330 e. The third-order valence-electron chi connectivity index (χ3n) is 8.71. The Balaban J connectivity index is 1.22. The van der Waals surface area contributed by atoms with Gasteiger partial charge in [-0.15, -0.1) is 11.3 Å². The van der Waals surface area contributed by atoms with Crippen LogP contribution in [-0.4, -0.2) is 40.2 Å². The van der Waals surface area contributed by atoms with Crippen LogP contribution in [0.2, 0.25) is 0 Å². The number of rotatable bonds is 7. The Hall–Kier alpha value is -3.32. The lowest BCUT2D eigenvalue weighted by Crippen LogP contribution is -2.48. The monoisotopic (exact) mass is 555 g/mol. The van der Waals surface area contributed by atoms with Crippen molar-refractivity contribution in [1.82, 2.24) is 9.88 Å². The summed E-state index contributed by atoms with van der Waals surface area (Å²) in [4.78, 5) is 48.6. The molecular formula is C33H37N3O3S. The van der Waals surface area contributed by atoms with E-state index in [1.165, 1.54) is 28.9 Å². The van der Waals surface area contributed by atoms with Crippen molar-refractivity contribution in [2.75, 3.05) is 11.4 Å². The van der Waals surface area contributed by atoms with Gasteiger partial charge in [-0.25, -0.2) is 9.88 Å². The van der Waals surface area contributed by atoms with Gasteiger partial charge in [0.25, 0.3) is 5.91 Å². The molecule has 1 aromatic heterocycles. The molecule has 0 bridgehead atoms. The van der Waals surface area contributed by atoms with Gasteiger partial charge < -0.3 is 4.90 Å². The Labute approximate surface area is 240 Å². The van der Waals surface area contributed by atoms with Crippen molar-refractivity contribution in [3.05, 3.63) is 59.7 Å². The first-order chi connectivity index (χ1) is 19.5. The first-order valence-electron chi connectivity index (χ1n) is 14.8. The summed E-state index contributed by atoms with van der Waals surface area (Å²) >= 11 is 1.63. The zero-order valence-electron chi connectivity index (χ0n) is 23.2. The van der Waals surface area contributed by atoms with Gasteiger partial charge in [-0.3, -0.25) is 14.4 Å². The molecule has 1 unspecified atom stereocenters. The van der Waals surface area contributed by atoms with E-state index in [4.69, 9.17) is 4.98 Å². The Morgan fingerprint density at radius 1 is 1.02 bits per heavy atom. The van der Waals surface area contributed by atoms with Gasteiger partial charge >= 0.3 is 0 Å². The molecule has 0 spiro atoms. The zero-order chi connectivity index (χ0) is 27.6. The number of nitrogens with zero attached hydrogens (tertiary/aromatic N) is 3. The van der Waals surface area contributed by atoms with Gasteiger partial charge in [-0.05, 0) is 93.8 Å². The summed E-state index contributed by atoms with van der Waals surface area (Å²) < 4.78 is 1.14. The molecule has 40 heavy (non-hydrogen) atoms. The van der Waals surface area contributed by atoms with Crippen molar-refractivity contribution < 1.29 is 14.4 Å². The van der Waals surface area contributed by atoms with E-state index in [9.17, 15) is 14.4 Å². The van der Waals surface area contributed by atoms with Crippen molar-refractivity contribution in [3.8, 4) is 10.6 Å². The van der Waals surface area contributed by atoms with Gasteiger partial charge in [0.2, 0.25) is 11.8 Å². The van der Waals surface area contributed by atoms with Crippen molar-refractivity contribution in [3.63, 3.8) is 0 Å². The molecule has 0 N–H and O–H groups in total. The van der Waals surface area contributed by atoms with E-state index in [0.29, 0.717) is 12.2 Å². The second-order valence-corrected chi connectivity index (χ2v) is 12.6. The van der Waals surface area contributed by atoms with Crippen molar-refractivity contribution in [2.45, 2.75) is 83.6 Å². The van der Waals surface area contributed by atoms with Crippen LogP contribution in [0.1, 0.15) is 76.2 Å². The van der Waals surface area contributed by atoms with Crippen LogP contribution in [-0.2, 0) is 14.4 Å². The minimum atomic E-state index is -0.724. The van der Waals surface area contributed by atoms with Crippen molar-refractivity contribution in [1.29, 1.82) is 0 Å². The quantitative estimate of drug-likeness (QED) is 0.228. The molecule has 3 aliphatic rings. The predicted molar refractivity (Wildman–Crippen MR) is 160 cm³/mol. The Morgan fingerprint density at radius 3 is 2.58 bits per heavy atom. The number of aryl methyl sites for hydroxylation is 1. The summed E-state index contributed by atoms with van der Waals surface area (Å²) in [5, 5.41) is 0.908. The molecule has 208 valence electrons. The fraction of sp³-hybridized carbons (Fsp3) is 0.455. The Bertz CT molecular complexity index is 1450. The summed E-state index contributed by atoms with van der Waals surface area (Å²) in [7, 11) is 0. The molecule has 3 amide bonds. The van der Waals surface area contributed by atoms with Gasteiger partial charge in [0.1, 0.15) is 11.0 Å². The highest BCUT2D eigenvalue weighted by Gasteiger charge is 2.45. The van der Waals surface area contributed by atoms with E-state index < -0.39 is 6.04 Å². The molecule has 1 saturated carbocycles. The maximum atomic E-state index is 13.8. The molecule has 1 atom stereocenters. The number of carbonyl (C=O) groups excluding carboxylic acids is 3. The van der Waals surface area contributed by atoms with E-state index in [2.05, 4.69) is 25.1 Å². The molecule has 3 aromatic rings. The van der Waals surface area contributed by atoms with Crippen molar-refractivity contribution in [2.24, 2.45) is 5.92 Å². The van der Waals surface area contributed by atoms with E-state index in [-0.39, 0.29) is 30.1 Å². The first kappa shape index (κ1) is 26.9. The van der Waals surface area contributed by atoms with Gasteiger partial charge in [0, 0.05) is 18.0 Å². The third-order valence-corrected chi connectivity index (χ3v) is 9.78. The standard InChI is InChI=1S/C33H37N3O3S/c1-22-12-17-27-29(20-22)40-31(34-27)24-13-15-26(16-14-24)36-30(37)21-28(33(36)39)35(19-18-23-8-4-2-5-9-23)32(38)25-10-6-3-7-11-25/h8,12-17,20,25,28H,2-7,9-11,18-19,21H2,1H3. The van der Waals surface area contributed by atoms with Crippen LogP contribution >= 0.6 is 11.3 Å². The fourth-order valence-electron chi connectivity index (χ4n) is 6.44. The molecule has 7 heteroatoms. The Kier molecular flexibility index (Phi) is 7.83. The van der Waals surface area contributed by atoms with Crippen LogP contribution in [0.3, 0.4) is 0 Å². The summed E-state index contributed by atoms with van der Waals surface area (Å²) in [6.45, 7) is 2.58. The zero-order valence-corrected chi connectivity index (χ0v) is 24.0. The average Bonchev–Trinajstić information content (AvgIpc) is 3.53. The van der Waals surface area contributed by atoms with Crippen LogP contribution in [0.25, 0.3) is 20.8 Å². The third kappa shape index (κ3) is 5.49. The normalized spacial score (nSPS) is 20.3. The minimum absolute atomic E-state index is 0.0390. The second kappa shape index (κ2) is 11.7. The smallest absolute Gasteiger partial charge is 0.257 e. The number of allylic oxidation sites excluding steroid dienone is 1. The Morgan fingerprint density at radius 2 is 1.82 bits per heavy atom. The number of benzene rings is 2. The first-order valence-corrected chi connectivity index (χ1v) is 15.6. The van der Waals surface area contributed by atoms with Gasteiger partial charge in [-0.2, -0.15) is 0 Å². The van der Waals surface area contributed by atoms with E-state index in [1.807, 2.05) is 30.3 Å². The predicted octanol–water partition coefficient (Wildman–Crippen LogP) is 7.20. The van der Waals surface area contributed by atoms with E-state index in [0.717, 1.165) is 72.2 Å². The lowest BCUT2D eigenvalue weighted by Gasteiger charge is -2.33. The summed E-state index contributed by atoms with van der Waals surface area (Å²) in [6.07, 6.45) is 12.7. The number of aromatic nitrogens is 1. The van der Waals surface area contributed by atoms with Gasteiger partial charge in [0.15, 0.2) is 0 Å². The van der Waals surface area contributed by atoms with Gasteiger partial charge in [-0.1, -0.05) is 37.0 Å². The molecule has 6 rings (SSSR count). The van der Waals surface area contributed by atoms with Crippen molar-refractivity contribution >= 4 is 45.0 Å². The molecule has 2 fully saturated rings. The maximum absolute atomic E-state index is 13.8. The van der Waals surface area contributed by atoms with Crippen LogP contribution in [0.5, 0.6) is 0 Å². The second-order valence-electron chi connectivity index (χ2n) is 11.5. The van der Waals surface area contributed by atoms with Crippen LogP contribution in [0.4, 0.5) is 5.69 Å². The molecule has 1 aliphatic heterocycles. The number of hydrogen-bond donors (Lipinski definition) is 0. The molecule has 2 aromatic carbocycles. The summed E-state index contributed by atoms with van der Waals surface area (Å²) in [6, 6.07) is 13.0. The number of hydrogen-bond acceptors (Lipinski definition) is 5. The lowest BCUT2D eigenvalue weighted by atomic mass is 9.87. The van der Waals surface area contributed by atoms with Gasteiger partial charge in [0.05, 0.1) is 22.3 Å². The number of amides is 3. The van der Waals surface area contributed by atoms with E-state index >= 15 is 0 Å². The fourth-order valence-corrected chi connectivity index (χ4v) is 7.51. The molecule has 2 heterocycles. The largest absolute Gasteiger partial charge is 0.330 e. The van der Waals surface area contributed by atoms with Crippen LogP contribution in [0, 0.1) is 12.8 Å². The van der Waals surface area contributed by atoms with Crippen LogP contribution in [0.15, 0.2) is 54.1 Å². The van der Waals surface area contributed by atoms with E-state index in [1.54, 1.807) is 16.2 Å². The molecule has 0 radical (unpaired) electrons. The number of thiazole rings is 1. The number of anilines is 1. The molecule has 1 saturated heterocycles. The van der Waals surface area contributed by atoms with Crippen LogP contribution < -0.4 is 4.90 Å². The molecule has 6 nitrogen and oxygen atoms in total. The summed E-state index contributed by atoms with van der Waals surface area (Å²) in [5.41, 5.74) is 5.05. The number of carbonyl (C=O) groups is 3. The lowest BCUT2D eigenvalue weighted by molar-refractivity contribution is -0.142. The number of fused-ring (bicyclic) bond motifs is 1.